The summed E-state index contributed by atoms with van der Waals surface area (Å²) in [4.78, 5) is 26.1. The molecule has 0 fully saturated rings. The second-order valence-corrected chi connectivity index (χ2v) is 7.41. The highest BCUT2D eigenvalue weighted by Gasteiger charge is 2.22. The third-order valence-electron chi connectivity index (χ3n) is 4.26. The lowest BCUT2D eigenvalue weighted by atomic mass is 9.93. The summed E-state index contributed by atoms with van der Waals surface area (Å²) in [5, 5.41) is 7.57. The van der Waals surface area contributed by atoms with E-state index in [2.05, 4.69) is 10.6 Å². The summed E-state index contributed by atoms with van der Waals surface area (Å²) < 4.78 is 0. The Balaban J connectivity index is 1.65. The van der Waals surface area contributed by atoms with Crippen LogP contribution in [0.2, 0.25) is 0 Å². The molecule has 3 aromatic rings. The largest absolute Gasteiger partial charge is 0.346 e. The van der Waals surface area contributed by atoms with Crippen molar-refractivity contribution in [3.8, 4) is 0 Å². The molecule has 0 aliphatic carbocycles. The number of rotatable bonds is 7. The van der Waals surface area contributed by atoms with Crippen molar-refractivity contribution in [1.82, 2.24) is 5.32 Å². The maximum Gasteiger partial charge on any atom is 0.243 e. The molecule has 3 rings (SSSR count). The lowest BCUT2D eigenvalue weighted by Gasteiger charge is -2.17. The van der Waals surface area contributed by atoms with E-state index >= 15 is 0 Å². The Labute approximate surface area is 163 Å². The zero-order chi connectivity index (χ0) is 19.1. The number of aryl methyl sites for hydroxylation is 1. The van der Waals surface area contributed by atoms with Crippen molar-refractivity contribution in [2.45, 2.75) is 19.3 Å². The van der Waals surface area contributed by atoms with Gasteiger partial charge in [-0.05, 0) is 42.5 Å². The van der Waals surface area contributed by atoms with Gasteiger partial charge in [-0.25, -0.2) is 0 Å². The van der Waals surface area contributed by atoms with E-state index in [0.29, 0.717) is 12.1 Å². The average Bonchev–Trinajstić information content (AvgIpc) is 3.19. The minimum Gasteiger partial charge on any atom is -0.346 e. The molecule has 0 aliphatic rings. The number of nitrogens with one attached hydrogen (secondary N) is 2. The number of para-hydroxylation sites is 1. The Bertz CT molecular complexity index is 874. The van der Waals surface area contributed by atoms with Gasteiger partial charge in [-0.1, -0.05) is 54.1 Å². The molecule has 1 atom stereocenters. The lowest BCUT2D eigenvalue weighted by molar-refractivity contribution is -0.125. The van der Waals surface area contributed by atoms with Crippen LogP contribution in [0.3, 0.4) is 0 Å². The number of thiophene rings is 1. The molecule has 2 N–H and O–H groups in total. The first-order valence-electron chi connectivity index (χ1n) is 8.83. The van der Waals surface area contributed by atoms with Gasteiger partial charge in [0.25, 0.3) is 0 Å². The number of hydrogen-bond acceptors (Lipinski definition) is 3. The first-order valence-corrected chi connectivity index (χ1v) is 9.71. The second-order valence-electron chi connectivity index (χ2n) is 6.38. The summed E-state index contributed by atoms with van der Waals surface area (Å²) in [6.07, 6.45) is 0.618. The Morgan fingerprint density at radius 2 is 1.70 bits per heavy atom. The Kier molecular flexibility index (Phi) is 6.39. The van der Waals surface area contributed by atoms with Gasteiger partial charge in [-0.15, -0.1) is 11.3 Å². The SMILES string of the molecule is Cc1ccc(C(Cc2cccs2)C(=O)NCC(=O)Nc2ccccc2)cc1. The van der Waals surface area contributed by atoms with Crippen LogP contribution in [0, 0.1) is 6.92 Å². The number of amides is 2. The van der Waals surface area contributed by atoms with Crippen LogP contribution >= 0.6 is 11.3 Å². The molecule has 138 valence electrons. The summed E-state index contributed by atoms with van der Waals surface area (Å²) in [5.41, 5.74) is 2.82. The van der Waals surface area contributed by atoms with Crippen molar-refractivity contribution in [2.75, 3.05) is 11.9 Å². The molecule has 1 unspecified atom stereocenters. The third kappa shape index (κ3) is 5.53. The molecule has 27 heavy (non-hydrogen) atoms. The summed E-state index contributed by atoms with van der Waals surface area (Å²) in [7, 11) is 0. The molecule has 2 amide bonds. The van der Waals surface area contributed by atoms with Crippen LogP contribution in [-0.4, -0.2) is 18.4 Å². The van der Waals surface area contributed by atoms with E-state index < -0.39 is 0 Å². The standard InChI is InChI=1S/C22H22N2O2S/c1-16-9-11-17(12-10-16)20(14-19-8-5-13-27-19)22(26)23-15-21(25)24-18-6-3-2-4-7-18/h2-13,20H,14-15H2,1H3,(H,23,26)(H,24,25). The van der Waals surface area contributed by atoms with E-state index in [4.69, 9.17) is 0 Å². The van der Waals surface area contributed by atoms with E-state index in [9.17, 15) is 9.59 Å². The minimum absolute atomic E-state index is 0.0550. The summed E-state index contributed by atoms with van der Waals surface area (Å²) in [6.45, 7) is 1.96. The maximum atomic E-state index is 12.8. The number of anilines is 1. The third-order valence-corrected chi connectivity index (χ3v) is 5.16. The monoisotopic (exact) mass is 378 g/mol. The van der Waals surface area contributed by atoms with Gasteiger partial charge < -0.3 is 10.6 Å². The first kappa shape index (κ1) is 18.9. The van der Waals surface area contributed by atoms with Gasteiger partial charge >= 0.3 is 0 Å². The van der Waals surface area contributed by atoms with Gasteiger partial charge in [0.15, 0.2) is 0 Å². The zero-order valence-corrected chi connectivity index (χ0v) is 16.0. The predicted octanol–water partition coefficient (Wildman–Crippen LogP) is 4.14. The van der Waals surface area contributed by atoms with Crippen molar-refractivity contribution < 1.29 is 9.59 Å². The smallest absolute Gasteiger partial charge is 0.243 e. The molecule has 0 saturated heterocycles. The van der Waals surface area contributed by atoms with E-state index in [1.54, 1.807) is 11.3 Å². The number of hydrogen-bond donors (Lipinski definition) is 2. The molecular weight excluding hydrogens is 356 g/mol. The highest BCUT2D eigenvalue weighted by Crippen LogP contribution is 2.24. The molecule has 0 spiro atoms. The van der Waals surface area contributed by atoms with E-state index in [-0.39, 0.29) is 24.3 Å². The molecule has 0 radical (unpaired) electrons. The fraction of sp³-hybridized carbons (Fsp3) is 0.182. The molecule has 4 nitrogen and oxygen atoms in total. The fourth-order valence-electron chi connectivity index (χ4n) is 2.81. The van der Waals surface area contributed by atoms with E-state index in [1.807, 2.05) is 79.0 Å². The molecule has 0 saturated carbocycles. The zero-order valence-electron chi connectivity index (χ0n) is 15.1. The number of benzene rings is 2. The molecule has 1 aromatic heterocycles. The van der Waals surface area contributed by atoms with Gasteiger partial charge in [-0.2, -0.15) is 0 Å². The topological polar surface area (TPSA) is 58.2 Å². The molecule has 2 aromatic carbocycles. The van der Waals surface area contributed by atoms with Crippen LogP contribution < -0.4 is 10.6 Å². The summed E-state index contributed by atoms with van der Waals surface area (Å²) >= 11 is 1.63. The van der Waals surface area contributed by atoms with Crippen LogP contribution in [0.4, 0.5) is 5.69 Å². The number of carbonyl (C=O) groups excluding carboxylic acids is 2. The van der Waals surface area contributed by atoms with Crippen molar-refractivity contribution in [1.29, 1.82) is 0 Å². The van der Waals surface area contributed by atoms with Crippen molar-refractivity contribution >= 4 is 28.8 Å². The van der Waals surface area contributed by atoms with Crippen LogP contribution in [0.1, 0.15) is 21.9 Å². The van der Waals surface area contributed by atoms with Crippen molar-refractivity contribution in [3.05, 3.63) is 88.1 Å². The maximum absolute atomic E-state index is 12.8. The van der Waals surface area contributed by atoms with E-state index in [0.717, 1.165) is 16.0 Å². The fourth-order valence-corrected chi connectivity index (χ4v) is 3.56. The van der Waals surface area contributed by atoms with Crippen LogP contribution in [-0.2, 0) is 16.0 Å². The van der Waals surface area contributed by atoms with Crippen molar-refractivity contribution in [3.63, 3.8) is 0 Å². The van der Waals surface area contributed by atoms with Gasteiger partial charge in [0.1, 0.15) is 0 Å². The summed E-state index contributed by atoms with van der Waals surface area (Å²) in [5.74, 6) is -0.711. The quantitative estimate of drug-likeness (QED) is 0.649. The Morgan fingerprint density at radius 3 is 2.37 bits per heavy atom. The minimum atomic E-state index is -0.325. The molecule has 0 aliphatic heterocycles. The van der Waals surface area contributed by atoms with Crippen molar-refractivity contribution in [2.24, 2.45) is 0 Å². The highest BCUT2D eigenvalue weighted by atomic mass is 32.1. The first-order chi connectivity index (χ1) is 13.1. The molecule has 5 heteroatoms. The van der Waals surface area contributed by atoms with E-state index in [1.165, 1.54) is 0 Å². The van der Waals surface area contributed by atoms with Gasteiger partial charge in [0.2, 0.25) is 11.8 Å². The molecule has 0 bridgehead atoms. The normalized spacial score (nSPS) is 11.6. The van der Waals surface area contributed by atoms with Crippen LogP contribution in [0.15, 0.2) is 72.1 Å². The Hall–Kier alpha value is -2.92. The lowest BCUT2D eigenvalue weighted by Crippen LogP contribution is -2.36. The van der Waals surface area contributed by atoms with Gasteiger partial charge in [0, 0.05) is 10.6 Å². The number of carbonyl (C=O) groups is 2. The van der Waals surface area contributed by atoms with Crippen LogP contribution in [0.25, 0.3) is 0 Å². The predicted molar refractivity (Wildman–Crippen MR) is 110 cm³/mol. The van der Waals surface area contributed by atoms with Gasteiger partial charge in [0.05, 0.1) is 12.5 Å². The van der Waals surface area contributed by atoms with Gasteiger partial charge in [-0.3, -0.25) is 9.59 Å². The average molecular weight is 378 g/mol. The second kappa shape index (κ2) is 9.14. The molecular formula is C22H22N2O2S. The highest BCUT2D eigenvalue weighted by molar-refractivity contribution is 7.09. The summed E-state index contributed by atoms with van der Waals surface area (Å²) in [6, 6.07) is 21.2. The molecule has 1 heterocycles. The van der Waals surface area contributed by atoms with Crippen LogP contribution in [0.5, 0.6) is 0 Å². The Morgan fingerprint density at radius 1 is 0.963 bits per heavy atom.